The van der Waals surface area contributed by atoms with Crippen molar-refractivity contribution in [3.63, 3.8) is 0 Å². The Balaban J connectivity index is 2.18. The number of benzene rings is 1. The molecule has 0 saturated heterocycles. The molecule has 6 N–H and O–H groups in total. The Morgan fingerprint density at radius 1 is 1.36 bits per heavy atom. The molecular formula is C14H19N5O3. The number of rotatable bonds is 6. The standard InChI is InChI=1S/C14H19N5O3/c1-8-6-9(12(15)20)7-10-11(8)19(13(16)18-10)5-3-2-4-17-14(21)22/h6-7,17H,2-5H2,1H3,(H2,15,20)(H2,16,18)(H,21,22). The van der Waals surface area contributed by atoms with Crippen molar-refractivity contribution >= 4 is 29.0 Å². The van der Waals surface area contributed by atoms with Crippen LogP contribution < -0.4 is 16.8 Å². The SMILES string of the molecule is Cc1cc(C(N)=O)cc2nc(N)n(CCCCNC(=O)O)c12. The summed E-state index contributed by atoms with van der Waals surface area (Å²) in [5, 5.41) is 10.8. The van der Waals surface area contributed by atoms with Gasteiger partial charge in [0, 0.05) is 18.7 Å². The summed E-state index contributed by atoms with van der Waals surface area (Å²) >= 11 is 0. The predicted molar refractivity (Wildman–Crippen MR) is 82.7 cm³/mol. The lowest BCUT2D eigenvalue weighted by molar-refractivity contribution is 0.1000. The number of aryl methyl sites for hydroxylation is 2. The molecule has 118 valence electrons. The molecule has 1 aromatic carbocycles. The number of carbonyl (C=O) groups is 2. The van der Waals surface area contributed by atoms with Crippen LogP contribution in [0.4, 0.5) is 10.7 Å². The van der Waals surface area contributed by atoms with Crippen LogP contribution in [0.5, 0.6) is 0 Å². The van der Waals surface area contributed by atoms with Crippen molar-refractivity contribution in [2.24, 2.45) is 5.73 Å². The second kappa shape index (κ2) is 6.33. The number of anilines is 1. The fourth-order valence-corrected chi connectivity index (χ4v) is 2.45. The van der Waals surface area contributed by atoms with Gasteiger partial charge in [-0.25, -0.2) is 9.78 Å². The molecule has 1 heterocycles. The van der Waals surface area contributed by atoms with Crippen LogP contribution in [-0.2, 0) is 6.54 Å². The summed E-state index contributed by atoms with van der Waals surface area (Å²) in [4.78, 5) is 25.9. The second-order valence-corrected chi connectivity index (χ2v) is 5.09. The largest absolute Gasteiger partial charge is 0.465 e. The van der Waals surface area contributed by atoms with Crippen molar-refractivity contribution in [3.05, 3.63) is 23.3 Å². The van der Waals surface area contributed by atoms with E-state index in [9.17, 15) is 9.59 Å². The number of amides is 2. The zero-order valence-electron chi connectivity index (χ0n) is 12.3. The molecule has 0 aliphatic carbocycles. The number of nitrogen functional groups attached to an aromatic ring is 1. The van der Waals surface area contributed by atoms with Crippen LogP contribution in [-0.4, -0.2) is 33.2 Å². The highest BCUT2D eigenvalue weighted by Gasteiger charge is 2.13. The molecule has 0 aliphatic rings. The van der Waals surface area contributed by atoms with E-state index in [4.69, 9.17) is 16.6 Å². The number of hydrogen-bond acceptors (Lipinski definition) is 4. The lowest BCUT2D eigenvalue weighted by atomic mass is 10.1. The summed E-state index contributed by atoms with van der Waals surface area (Å²) in [6, 6.07) is 3.35. The van der Waals surface area contributed by atoms with Crippen molar-refractivity contribution in [3.8, 4) is 0 Å². The lowest BCUT2D eigenvalue weighted by Crippen LogP contribution is -2.22. The number of nitrogens with zero attached hydrogens (tertiary/aromatic N) is 2. The maximum absolute atomic E-state index is 11.3. The van der Waals surface area contributed by atoms with E-state index >= 15 is 0 Å². The predicted octanol–water partition coefficient (Wildman–Crippen LogP) is 1.07. The van der Waals surface area contributed by atoms with Crippen molar-refractivity contribution in [1.82, 2.24) is 14.9 Å². The molecule has 0 bridgehead atoms. The van der Waals surface area contributed by atoms with Gasteiger partial charge in [-0.1, -0.05) is 0 Å². The Morgan fingerprint density at radius 2 is 2.09 bits per heavy atom. The number of imidazole rings is 1. The number of nitrogens with one attached hydrogen (secondary N) is 1. The summed E-state index contributed by atoms with van der Waals surface area (Å²) in [7, 11) is 0. The van der Waals surface area contributed by atoms with Crippen molar-refractivity contribution < 1.29 is 14.7 Å². The fraction of sp³-hybridized carbons (Fsp3) is 0.357. The number of unbranched alkanes of at least 4 members (excludes halogenated alkanes) is 1. The van der Waals surface area contributed by atoms with Gasteiger partial charge in [-0.2, -0.15) is 0 Å². The van der Waals surface area contributed by atoms with Crippen molar-refractivity contribution in [2.75, 3.05) is 12.3 Å². The third-order valence-corrected chi connectivity index (χ3v) is 3.43. The molecule has 8 heteroatoms. The minimum atomic E-state index is -1.03. The van der Waals surface area contributed by atoms with E-state index in [0.29, 0.717) is 36.5 Å². The summed E-state index contributed by atoms with van der Waals surface area (Å²) < 4.78 is 1.87. The molecule has 0 atom stereocenters. The highest BCUT2D eigenvalue weighted by atomic mass is 16.4. The lowest BCUT2D eigenvalue weighted by Gasteiger charge is -2.09. The van der Waals surface area contributed by atoms with Gasteiger partial charge in [-0.05, 0) is 37.5 Å². The maximum Gasteiger partial charge on any atom is 0.404 e. The number of fused-ring (bicyclic) bond motifs is 1. The van der Waals surface area contributed by atoms with Gasteiger partial charge in [0.2, 0.25) is 11.9 Å². The molecule has 0 fully saturated rings. The Labute approximate surface area is 127 Å². The van der Waals surface area contributed by atoms with Crippen LogP contribution >= 0.6 is 0 Å². The van der Waals surface area contributed by atoms with Gasteiger partial charge >= 0.3 is 6.09 Å². The van der Waals surface area contributed by atoms with E-state index < -0.39 is 12.0 Å². The molecule has 22 heavy (non-hydrogen) atoms. The number of carbonyl (C=O) groups excluding carboxylic acids is 1. The van der Waals surface area contributed by atoms with Crippen LogP contribution in [0.25, 0.3) is 11.0 Å². The van der Waals surface area contributed by atoms with Gasteiger partial charge in [0.25, 0.3) is 0 Å². The Kier molecular flexibility index (Phi) is 4.50. The van der Waals surface area contributed by atoms with Gasteiger partial charge in [0.1, 0.15) is 0 Å². The molecular weight excluding hydrogens is 286 g/mol. The van der Waals surface area contributed by atoms with E-state index in [1.807, 2.05) is 11.5 Å². The first-order chi connectivity index (χ1) is 10.4. The molecule has 0 saturated carbocycles. The molecule has 8 nitrogen and oxygen atoms in total. The average molecular weight is 305 g/mol. The van der Waals surface area contributed by atoms with E-state index in [-0.39, 0.29) is 0 Å². The Hall–Kier alpha value is -2.77. The third-order valence-electron chi connectivity index (χ3n) is 3.43. The first-order valence-electron chi connectivity index (χ1n) is 6.93. The molecule has 0 aliphatic heterocycles. The fourth-order valence-electron chi connectivity index (χ4n) is 2.45. The zero-order valence-corrected chi connectivity index (χ0v) is 12.3. The van der Waals surface area contributed by atoms with Crippen LogP contribution in [0.1, 0.15) is 28.8 Å². The van der Waals surface area contributed by atoms with E-state index in [1.165, 1.54) is 0 Å². The molecule has 2 amide bonds. The van der Waals surface area contributed by atoms with Crippen LogP contribution in [0.2, 0.25) is 0 Å². The summed E-state index contributed by atoms with van der Waals surface area (Å²) in [6.45, 7) is 2.89. The number of aromatic nitrogens is 2. The van der Waals surface area contributed by atoms with Gasteiger partial charge in [0.15, 0.2) is 0 Å². The highest BCUT2D eigenvalue weighted by molar-refractivity contribution is 5.97. The van der Waals surface area contributed by atoms with Gasteiger partial charge < -0.3 is 26.5 Å². The smallest absolute Gasteiger partial charge is 0.404 e. The average Bonchev–Trinajstić information content (AvgIpc) is 2.74. The Bertz CT molecular complexity index is 723. The van der Waals surface area contributed by atoms with Crippen LogP contribution in [0.15, 0.2) is 12.1 Å². The molecule has 1 aromatic heterocycles. The monoisotopic (exact) mass is 305 g/mol. The minimum absolute atomic E-state index is 0.367. The van der Waals surface area contributed by atoms with Crippen molar-refractivity contribution in [2.45, 2.75) is 26.3 Å². The normalized spacial score (nSPS) is 10.8. The van der Waals surface area contributed by atoms with E-state index in [2.05, 4.69) is 10.3 Å². The van der Waals surface area contributed by atoms with E-state index in [1.54, 1.807) is 12.1 Å². The highest BCUT2D eigenvalue weighted by Crippen LogP contribution is 2.23. The maximum atomic E-state index is 11.3. The molecule has 0 unspecified atom stereocenters. The number of carboxylic acid groups (broad SMARTS) is 1. The quantitative estimate of drug-likeness (QED) is 0.592. The second-order valence-electron chi connectivity index (χ2n) is 5.09. The number of hydrogen-bond donors (Lipinski definition) is 4. The molecule has 2 aromatic rings. The minimum Gasteiger partial charge on any atom is -0.465 e. The summed E-state index contributed by atoms with van der Waals surface area (Å²) in [6.07, 6.45) is 0.430. The van der Waals surface area contributed by atoms with E-state index in [0.717, 1.165) is 17.5 Å². The number of nitrogens with two attached hydrogens (primary N) is 2. The molecule has 2 rings (SSSR count). The van der Waals surface area contributed by atoms with Gasteiger partial charge in [0.05, 0.1) is 11.0 Å². The first-order valence-corrected chi connectivity index (χ1v) is 6.93. The van der Waals surface area contributed by atoms with Crippen molar-refractivity contribution in [1.29, 1.82) is 0 Å². The zero-order chi connectivity index (χ0) is 16.3. The summed E-state index contributed by atoms with van der Waals surface area (Å²) in [5.41, 5.74) is 14.0. The van der Waals surface area contributed by atoms with Crippen LogP contribution in [0, 0.1) is 6.92 Å². The Morgan fingerprint density at radius 3 is 2.73 bits per heavy atom. The third kappa shape index (κ3) is 3.27. The molecule has 0 radical (unpaired) electrons. The molecule has 0 spiro atoms. The topological polar surface area (TPSA) is 136 Å². The summed E-state index contributed by atoms with van der Waals surface area (Å²) in [5.74, 6) is -0.135. The number of primary amides is 1. The first kappa shape index (κ1) is 15.6. The van der Waals surface area contributed by atoms with Crippen LogP contribution in [0.3, 0.4) is 0 Å². The van der Waals surface area contributed by atoms with Gasteiger partial charge in [-0.15, -0.1) is 0 Å². The van der Waals surface area contributed by atoms with Gasteiger partial charge in [-0.3, -0.25) is 4.79 Å².